The number of ketones is 1. The van der Waals surface area contributed by atoms with Gasteiger partial charge in [-0.1, -0.05) is 26.0 Å². The summed E-state index contributed by atoms with van der Waals surface area (Å²) in [6, 6.07) is 6.17. The van der Waals surface area contributed by atoms with E-state index < -0.39 is 0 Å². The van der Waals surface area contributed by atoms with Crippen molar-refractivity contribution in [1.82, 2.24) is 0 Å². The van der Waals surface area contributed by atoms with Gasteiger partial charge in [0.1, 0.15) is 11.6 Å². The lowest BCUT2D eigenvalue weighted by molar-refractivity contribution is -0.120. The van der Waals surface area contributed by atoms with E-state index in [1.165, 1.54) is 12.1 Å². The molecule has 0 aliphatic heterocycles. The summed E-state index contributed by atoms with van der Waals surface area (Å²) >= 11 is 0. The molecular formula is C13H15FO. The Kier molecular flexibility index (Phi) is 2.37. The van der Waals surface area contributed by atoms with Gasteiger partial charge in [-0.2, -0.15) is 0 Å². The number of Topliss-reactive ketones (excluding diaryl/α,β-unsaturated/α-hetero) is 1. The van der Waals surface area contributed by atoms with Crippen LogP contribution in [0.1, 0.15) is 25.8 Å². The molecule has 2 heteroatoms. The van der Waals surface area contributed by atoms with Gasteiger partial charge < -0.3 is 0 Å². The van der Waals surface area contributed by atoms with Crippen LogP contribution in [0.3, 0.4) is 0 Å². The Labute approximate surface area is 89.3 Å². The topological polar surface area (TPSA) is 17.1 Å². The van der Waals surface area contributed by atoms with E-state index in [-0.39, 0.29) is 22.9 Å². The van der Waals surface area contributed by atoms with Gasteiger partial charge in [-0.15, -0.1) is 0 Å². The molecule has 0 radical (unpaired) electrons. The van der Waals surface area contributed by atoms with Gasteiger partial charge in [0.05, 0.1) is 0 Å². The fraction of sp³-hybridized carbons (Fsp3) is 0.462. The average molecular weight is 206 g/mol. The summed E-state index contributed by atoms with van der Waals surface area (Å²) in [5, 5.41) is 0. The highest BCUT2D eigenvalue weighted by Gasteiger charge is 2.49. The second kappa shape index (κ2) is 3.44. The number of carbonyl (C=O) groups is 1. The molecule has 0 heterocycles. The van der Waals surface area contributed by atoms with Crippen molar-refractivity contribution in [3.05, 3.63) is 35.6 Å². The molecule has 1 aliphatic rings. The highest BCUT2D eigenvalue weighted by Crippen LogP contribution is 2.52. The van der Waals surface area contributed by atoms with Crippen LogP contribution >= 0.6 is 0 Å². The minimum Gasteiger partial charge on any atom is -0.299 e. The molecule has 1 aliphatic carbocycles. The molecule has 0 amide bonds. The van der Waals surface area contributed by atoms with E-state index in [0.717, 1.165) is 12.0 Å². The van der Waals surface area contributed by atoms with E-state index in [2.05, 4.69) is 13.8 Å². The molecule has 0 spiro atoms. The number of rotatable bonds is 3. The van der Waals surface area contributed by atoms with Crippen LogP contribution in [0.15, 0.2) is 24.3 Å². The maximum absolute atomic E-state index is 12.6. The van der Waals surface area contributed by atoms with Crippen LogP contribution in [0.5, 0.6) is 0 Å². The number of halogens is 1. The molecule has 15 heavy (non-hydrogen) atoms. The van der Waals surface area contributed by atoms with E-state index in [1.54, 1.807) is 12.1 Å². The molecular weight excluding hydrogens is 191 g/mol. The molecule has 2 rings (SSSR count). The summed E-state index contributed by atoms with van der Waals surface area (Å²) in [6.07, 6.45) is 1.43. The molecule has 1 nitrogen and oxygen atoms in total. The Morgan fingerprint density at radius 3 is 2.40 bits per heavy atom. The van der Waals surface area contributed by atoms with Crippen LogP contribution in [0.4, 0.5) is 4.39 Å². The van der Waals surface area contributed by atoms with Gasteiger partial charge in [-0.05, 0) is 29.5 Å². The van der Waals surface area contributed by atoms with E-state index in [0.29, 0.717) is 6.42 Å². The lowest BCUT2D eigenvalue weighted by Crippen LogP contribution is -2.09. The Bertz CT molecular complexity index is 378. The van der Waals surface area contributed by atoms with Crippen molar-refractivity contribution in [3.63, 3.8) is 0 Å². The largest absolute Gasteiger partial charge is 0.299 e. The second-order valence-electron chi connectivity index (χ2n) is 5.01. The van der Waals surface area contributed by atoms with Gasteiger partial charge in [0.15, 0.2) is 0 Å². The van der Waals surface area contributed by atoms with Crippen LogP contribution in [-0.2, 0) is 11.2 Å². The quantitative estimate of drug-likeness (QED) is 0.743. The van der Waals surface area contributed by atoms with E-state index >= 15 is 0 Å². The summed E-state index contributed by atoms with van der Waals surface area (Å²) in [7, 11) is 0. The van der Waals surface area contributed by atoms with Crippen LogP contribution in [0.2, 0.25) is 0 Å². The number of hydrogen-bond acceptors (Lipinski definition) is 1. The van der Waals surface area contributed by atoms with E-state index in [9.17, 15) is 9.18 Å². The molecule has 0 aromatic heterocycles. The van der Waals surface area contributed by atoms with Crippen LogP contribution in [0.25, 0.3) is 0 Å². The molecule has 1 aromatic rings. The van der Waals surface area contributed by atoms with E-state index in [4.69, 9.17) is 0 Å². The van der Waals surface area contributed by atoms with Crippen LogP contribution in [0, 0.1) is 17.2 Å². The zero-order valence-electron chi connectivity index (χ0n) is 9.09. The van der Waals surface area contributed by atoms with Gasteiger partial charge in [-0.3, -0.25) is 4.79 Å². The predicted octanol–water partition coefficient (Wildman–Crippen LogP) is 2.98. The molecule has 0 saturated heterocycles. The summed E-state index contributed by atoms with van der Waals surface area (Å²) in [4.78, 5) is 11.8. The standard InChI is InChI=1S/C13H15FO/c1-13(2)8-11(13)12(15)7-9-3-5-10(14)6-4-9/h3-6,11H,7-8H2,1-2H3. The van der Waals surface area contributed by atoms with Crippen molar-refractivity contribution in [3.8, 4) is 0 Å². The Hall–Kier alpha value is -1.18. The monoisotopic (exact) mass is 206 g/mol. The first-order valence-corrected chi connectivity index (χ1v) is 5.26. The Morgan fingerprint density at radius 2 is 1.93 bits per heavy atom. The van der Waals surface area contributed by atoms with Crippen molar-refractivity contribution in [1.29, 1.82) is 0 Å². The molecule has 80 valence electrons. The number of carbonyl (C=O) groups excluding carboxylic acids is 1. The van der Waals surface area contributed by atoms with Gasteiger partial charge >= 0.3 is 0 Å². The van der Waals surface area contributed by atoms with Crippen molar-refractivity contribution in [2.45, 2.75) is 26.7 Å². The van der Waals surface area contributed by atoms with E-state index in [1.807, 2.05) is 0 Å². The molecule has 0 N–H and O–H groups in total. The molecule has 1 fully saturated rings. The Morgan fingerprint density at radius 1 is 1.40 bits per heavy atom. The van der Waals surface area contributed by atoms with Crippen molar-refractivity contribution in [2.24, 2.45) is 11.3 Å². The highest BCUT2D eigenvalue weighted by molar-refractivity contribution is 5.86. The van der Waals surface area contributed by atoms with Crippen molar-refractivity contribution >= 4 is 5.78 Å². The number of benzene rings is 1. The third-order valence-corrected chi connectivity index (χ3v) is 3.19. The van der Waals surface area contributed by atoms with Crippen LogP contribution in [-0.4, -0.2) is 5.78 Å². The summed E-state index contributed by atoms with van der Waals surface area (Å²) < 4.78 is 12.6. The first-order valence-electron chi connectivity index (χ1n) is 5.26. The fourth-order valence-corrected chi connectivity index (χ4v) is 1.94. The second-order valence-corrected chi connectivity index (χ2v) is 5.01. The van der Waals surface area contributed by atoms with Gasteiger partial charge in [0.25, 0.3) is 0 Å². The molecule has 0 bridgehead atoms. The summed E-state index contributed by atoms with van der Waals surface area (Å²) in [5.74, 6) is 0.243. The molecule has 1 aromatic carbocycles. The Balaban J connectivity index is 1.98. The molecule has 1 unspecified atom stereocenters. The molecule has 1 saturated carbocycles. The fourth-order valence-electron chi connectivity index (χ4n) is 1.94. The first kappa shape index (κ1) is 10.3. The lowest BCUT2D eigenvalue weighted by Gasteiger charge is -2.03. The minimum absolute atomic E-state index is 0.192. The third kappa shape index (κ3) is 2.25. The first-order chi connectivity index (χ1) is 6.99. The SMILES string of the molecule is CC1(C)CC1C(=O)Cc1ccc(F)cc1. The van der Waals surface area contributed by atoms with Crippen LogP contribution < -0.4 is 0 Å². The van der Waals surface area contributed by atoms with Gasteiger partial charge in [-0.25, -0.2) is 4.39 Å². The normalized spacial score (nSPS) is 22.5. The van der Waals surface area contributed by atoms with Crippen molar-refractivity contribution in [2.75, 3.05) is 0 Å². The maximum Gasteiger partial charge on any atom is 0.140 e. The third-order valence-electron chi connectivity index (χ3n) is 3.19. The smallest absolute Gasteiger partial charge is 0.140 e. The highest BCUT2D eigenvalue weighted by atomic mass is 19.1. The maximum atomic E-state index is 12.6. The van der Waals surface area contributed by atoms with Gasteiger partial charge in [0.2, 0.25) is 0 Å². The summed E-state index contributed by atoms with van der Waals surface area (Å²) in [5.41, 5.74) is 1.10. The molecule has 1 atom stereocenters. The van der Waals surface area contributed by atoms with Crippen molar-refractivity contribution < 1.29 is 9.18 Å². The average Bonchev–Trinajstić information content (AvgIpc) is 2.79. The zero-order valence-corrected chi connectivity index (χ0v) is 9.09. The zero-order chi connectivity index (χ0) is 11.1. The number of hydrogen-bond donors (Lipinski definition) is 0. The lowest BCUT2D eigenvalue weighted by atomic mass is 10.0. The predicted molar refractivity (Wildman–Crippen MR) is 57.0 cm³/mol. The minimum atomic E-state index is -0.252. The van der Waals surface area contributed by atoms with Gasteiger partial charge in [0, 0.05) is 12.3 Å². The summed E-state index contributed by atoms with van der Waals surface area (Å²) in [6.45, 7) is 4.22.